The minimum absolute atomic E-state index is 0.0391. The maximum absolute atomic E-state index is 13.2. The van der Waals surface area contributed by atoms with Crippen LogP contribution in [-0.4, -0.2) is 65.7 Å². The van der Waals surface area contributed by atoms with Crippen LogP contribution in [-0.2, 0) is 14.3 Å². The van der Waals surface area contributed by atoms with Crippen LogP contribution in [0.5, 0.6) is 0 Å². The van der Waals surface area contributed by atoms with E-state index in [1.54, 1.807) is 4.90 Å². The Hall–Kier alpha value is -2.00. The molecule has 3 saturated heterocycles. The lowest BCUT2D eigenvalue weighted by Gasteiger charge is -2.29. The van der Waals surface area contributed by atoms with Gasteiger partial charge in [0.25, 0.3) is 5.91 Å². The molecule has 0 N–H and O–H groups in total. The van der Waals surface area contributed by atoms with Crippen molar-refractivity contribution in [3.63, 3.8) is 0 Å². The van der Waals surface area contributed by atoms with Gasteiger partial charge in [0, 0.05) is 30.6 Å². The Kier molecular flexibility index (Phi) is 5.97. The molecule has 3 aliphatic rings. The number of nitrogens with zero attached hydrogens (tertiary/aromatic N) is 3. The minimum Gasteiger partial charge on any atom is -0.378 e. The molecule has 0 radical (unpaired) electrons. The average molecular weight is 456 g/mol. The van der Waals surface area contributed by atoms with Gasteiger partial charge in [0.1, 0.15) is 10.1 Å². The van der Waals surface area contributed by atoms with E-state index >= 15 is 0 Å². The van der Waals surface area contributed by atoms with Crippen molar-refractivity contribution in [1.29, 1.82) is 0 Å². The molecule has 5 rings (SSSR count). The van der Waals surface area contributed by atoms with Gasteiger partial charge in [-0.1, -0.05) is 35.6 Å². The SMILES string of the molecule is Cc1ccc2nc(N3CCOCC3)c(/C=C3\SC(=S)N(CC4CCCO4)C3=O)cc2c1. The van der Waals surface area contributed by atoms with Gasteiger partial charge >= 0.3 is 0 Å². The number of thioether (sulfide) groups is 1. The highest BCUT2D eigenvalue weighted by molar-refractivity contribution is 8.26. The molecule has 8 heteroatoms. The Morgan fingerprint density at radius 1 is 1.26 bits per heavy atom. The van der Waals surface area contributed by atoms with Crippen molar-refractivity contribution in [3.8, 4) is 0 Å². The van der Waals surface area contributed by atoms with E-state index < -0.39 is 0 Å². The van der Waals surface area contributed by atoms with E-state index in [4.69, 9.17) is 26.7 Å². The van der Waals surface area contributed by atoms with Crippen LogP contribution in [0.2, 0.25) is 0 Å². The zero-order valence-electron chi connectivity index (χ0n) is 17.5. The maximum Gasteiger partial charge on any atom is 0.266 e. The van der Waals surface area contributed by atoms with E-state index in [0.29, 0.717) is 29.0 Å². The van der Waals surface area contributed by atoms with E-state index in [2.05, 4.69) is 36.1 Å². The van der Waals surface area contributed by atoms with Gasteiger partial charge in [-0.25, -0.2) is 4.98 Å². The molecule has 4 heterocycles. The summed E-state index contributed by atoms with van der Waals surface area (Å²) in [6, 6.07) is 8.39. The van der Waals surface area contributed by atoms with Gasteiger partial charge < -0.3 is 14.4 Å². The second kappa shape index (κ2) is 8.86. The molecule has 2 aromatic rings. The third-order valence-electron chi connectivity index (χ3n) is 5.86. The maximum atomic E-state index is 13.2. The lowest BCUT2D eigenvalue weighted by atomic mass is 10.1. The molecule has 31 heavy (non-hydrogen) atoms. The summed E-state index contributed by atoms with van der Waals surface area (Å²) in [6.07, 6.45) is 4.05. The number of carbonyl (C=O) groups is 1. The fourth-order valence-electron chi connectivity index (χ4n) is 4.23. The van der Waals surface area contributed by atoms with E-state index in [-0.39, 0.29) is 12.0 Å². The number of morpholine rings is 1. The Morgan fingerprint density at radius 2 is 2.10 bits per heavy atom. The van der Waals surface area contributed by atoms with Crippen molar-refractivity contribution in [3.05, 3.63) is 40.3 Å². The number of amides is 1. The summed E-state index contributed by atoms with van der Waals surface area (Å²) < 4.78 is 11.8. The summed E-state index contributed by atoms with van der Waals surface area (Å²) in [6.45, 7) is 6.29. The second-order valence-electron chi connectivity index (χ2n) is 8.12. The summed E-state index contributed by atoms with van der Waals surface area (Å²) in [5.41, 5.74) is 3.08. The third-order valence-corrected chi connectivity index (χ3v) is 7.24. The quantitative estimate of drug-likeness (QED) is 0.514. The first kappa shape index (κ1) is 20.9. The van der Waals surface area contributed by atoms with Crippen molar-refractivity contribution < 1.29 is 14.3 Å². The first-order valence-electron chi connectivity index (χ1n) is 10.7. The average Bonchev–Trinajstić information content (AvgIpc) is 3.38. The molecule has 0 bridgehead atoms. The molecule has 1 aromatic carbocycles. The van der Waals surface area contributed by atoms with Crippen LogP contribution in [0.1, 0.15) is 24.0 Å². The highest BCUT2D eigenvalue weighted by Crippen LogP contribution is 2.36. The predicted molar refractivity (Wildman–Crippen MR) is 128 cm³/mol. The standard InChI is InChI=1S/C23H25N3O3S2/c1-15-4-5-19-16(11-15)12-17(21(24-19)25-6-9-28-10-7-25)13-20-22(27)26(23(30)31-20)14-18-3-2-8-29-18/h4-5,11-13,18H,2-3,6-10,14H2,1H3/b20-13-. The molecule has 162 valence electrons. The number of hydrogen-bond acceptors (Lipinski definition) is 7. The molecule has 0 saturated carbocycles. The van der Waals surface area contributed by atoms with Crippen LogP contribution in [0, 0.1) is 6.92 Å². The van der Waals surface area contributed by atoms with Gasteiger partial charge in [-0.2, -0.15) is 0 Å². The van der Waals surface area contributed by atoms with Crippen LogP contribution in [0.15, 0.2) is 29.2 Å². The van der Waals surface area contributed by atoms with Gasteiger partial charge in [-0.3, -0.25) is 9.69 Å². The van der Waals surface area contributed by atoms with Crippen molar-refractivity contribution in [2.45, 2.75) is 25.9 Å². The van der Waals surface area contributed by atoms with Crippen molar-refractivity contribution in [1.82, 2.24) is 9.88 Å². The topological polar surface area (TPSA) is 54.9 Å². The normalized spacial score (nSPS) is 23.5. The number of thiocarbonyl (C=S) groups is 1. The molecule has 3 aliphatic heterocycles. The molecule has 1 unspecified atom stereocenters. The smallest absolute Gasteiger partial charge is 0.266 e. The van der Waals surface area contributed by atoms with E-state index in [1.165, 1.54) is 17.3 Å². The lowest BCUT2D eigenvalue weighted by Crippen LogP contribution is -2.37. The molecular formula is C23H25N3O3S2. The van der Waals surface area contributed by atoms with Crippen molar-refractivity contribution in [2.75, 3.05) is 44.4 Å². The number of aromatic nitrogens is 1. The number of aryl methyl sites for hydroxylation is 1. The summed E-state index contributed by atoms with van der Waals surface area (Å²) >= 11 is 6.89. The molecule has 0 aliphatic carbocycles. The molecule has 1 amide bonds. The largest absolute Gasteiger partial charge is 0.378 e. The third kappa shape index (κ3) is 4.35. The highest BCUT2D eigenvalue weighted by Gasteiger charge is 2.35. The number of ether oxygens (including phenoxy) is 2. The summed E-state index contributed by atoms with van der Waals surface area (Å²) in [4.78, 5) is 22.7. The zero-order valence-corrected chi connectivity index (χ0v) is 19.1. The Balaban J connectivity index is 1.51. The Morgan fingerprint density at radius 3 is 2.87 bits per heavy atom. The second-order valence-corrected chi connectivity index (χ2v) is 9.80. The van der Waals surface area contributed by atoms with E-state index in [9.17, 15) is 4.79 Å². The van der Waals surface area contributed by atoms with Crippen LogP contribution in [0.25, 0.3) is 17.0 Å². The van der Waals surface area contributed by atoms with Gasteiger partial charge in [0.05, 0.1) is 36.3 Å². The Labute approximate surface area is 191 Å². The lowest BCUT2D eigenvalue weighted by molar-refractivity contribution is -0.123. The first-order chi connectivity index (χ1) is 15.1. The number of fused-ring (bicyclic) bond motifs is 1. The van der Waals surface area contributed by atoms with Crippen LogP contribution >= 0.6 is 24.0 Å². The molecule has 1 atom stereocenters. The summed E-state index contributed by atoms with van der Waals surface area (Å²) in [7, 11) is 0. The highest BCUT2D eigenvalue weighted by atomic mass is 32.2. The van der Waals surface area contributed by atoms with Gasteiger partial charge in [-0.05, 0) is 44.0 Å². The predicted octanol–water partition coefficient (Wildman–Crippen LogP) is 3.76. The zero-order chi connectivity index (χ0) is 21.4. The number of benzene rings is 1. The fraction of sp³-hybridized carbons (Fsp3) is 0.435. The van der Waals surface area contributed by atoms with E-state index in [1.807, 2.05) is 6.08 Å². The number of rotatable bonds is 4. The molecule has 3 fully saturated rings. The van der Waals surface area contributed by atoms with Gasteiger partial charge in [0.2, 0.25) is 0 Å². The van der Waals surface area contributed by atoms with Crippen LogP contribution in [0.3, 0.4) is 0 Å². The monoisotopic (exact) mass is 455 g/mol. The Bertz CT molecular complexity index is 1060. The van der Waals surface area contributed by atoms with Crippen molar-refractivity contribution in [2.24, 2.45) is 0 Å². The number of pyridine rings is 1. The van der Waals surface area contributed by atoms with Crippen LogP contribution in [0.4, 0.5) is 5.82 Å². The summed E-state index contributed by atoms with van der Waals surface area (Å²) in [5.74, 6) is 0.854. The van der Waals surface area contributed by atoms with Crippen LogP contribution < -0.4 is 4.90 Å². The van der Waals surface area contributed by atoms with E-state index in [0.717, 1.165) is 54.8 Å². The molecule has 0 spiro atoms. The number of anilines is 1. The number of carbonyl (C=O) groups excluding carboxylic acids is 1. The first-order valence-corrected chi connectivity index (χ1v) is 11.9. The molecule has 1 aromatic heterocycles. The molecular weight excluding hydrogens is 430 g/mol. The van der Waals surface area contributed by atoms with Crippen molar-refractivity contribution >= 4 is 57.0 Å². The van der Waals surface area contributed by atoms with Gasteiger partial charge in [0.15, 0.2) is 0 Å². The molecule has 6 nitrogen and oxygen atoms in total. The minimum atomic E-state index is -0.0391. The summed E-state index contributed by atoms with van der Waals surface area (Å²) in [5, 5.41) is 1.07. The number of hydrogen-bond donors (Lipinski definition) is 0. The van der Waals surface area contributed by atoms with Gasteiger partial charge in [-0.15, -0.1) is 0 Å². The fourth-order valence-corrected chi connectivity index (χ4v) is 5.49.